The van der Waals surface area contributed by atoms with E-state index in [0.717, 1.165) is 33.2 Å². The number of aromatic nitrogens is 2. The van der Waals surface area contributed by atoms with Gasteiger partial charge in [0.2, 0.25) is 11.6 Å². The second kappa shape index (κ2) is 11.7. The molecule has 3 aromatic carbocycles. The van der Waals surface area contributed by atoms with Crippen molar-refractivity contribution in [3.63, 3.8) is 0 Å². The van der Waals surface area contributed by atoms with Crippen LogP contribution in [-0.4, -0.2) is 22.6 Å². The first kappa shape index (κ1) is 26.5. The van der Waals surface area contributed by atoms with E-state index in [9.17, 15) is 4.79 Å². The van der Waals surface area contributed by atoms with Gasteiger partial charge < -0.3 is 18.8 Å². The highest BCUT2D eigenvalue weighted by Crippen LogP contribution is 2.41. The van der Waals surface area contributed by atoms with Crippen LogP contribution in [0.15, 0.2) is 85.1 Å². The van der Waals surface area contributed by atoms with E-state index in [-0.39, 0.29) is 24.7 Å². The van der Waals surface area contributed by atoms with Gasteiger partial charge in [0.05, 0.1) is 19.4 Å². The highest BCUT2D eigenvalue weighted by Gasteiger charge is 2.28. The first-order valence-electron chi connectivity index (χ1n) is 13.0. The maximum absolute atomic E-state index is 13.2. The molecular formula is C33H29N3O4. The predicted octanol–water partition coefficient (Wildman–Crippen LogP) is 7.30. The number of benzene rings is 3. The van der Waals surface area contributed by atoms with Gasteiger partial charge in [0.15, 0.2) is 5.56 Å². The molecule has 7 nitrogen and oxygen atoms in total. The number of aryl methyl sites for hydroxylation is 1. The summed E-state index contributed by atoms with van der Waals surface area (Å²) in [7, 11) is 3.25. The van der Waals surface area contributed by atoms with E-state index in [1.807, 2.05) is 104 Å². The van der Waals surface area contributed by atoms with Gasteiger partial charge in [0, 0.05) is 35.3 Å². The molecule has 0 saturated carbocycles. The molecule has 5 aromatic rings. The summed E-state index contributed by atoms with van der Waals surface area (Å²) >= 11 is 0. The topological polar surface area (TPSA) is 66.9 Å². The molecule has 0 fully saturated rings. The molecule has 0 aliphatic rings. The Morgan fingerprint density at radius 2 is 1.60 bits per heavy atom. The van der Waals surface area contributed by atoms with Crippen molar-refractivity contribution in [1.29, 1.82) is 0 Å². The maximum Gasteiger partial charge on any atom is 0.347 e. The van der Waals surface area contributed by atoms with Crippen molar-refractivity contribution in [2.45, 2.75) is 26.6 Å². The second-order valence-corrected chi connectivity index (χ2v) is 9.31. The van der Waals surface area contributed by atoms with Crippen molar-refractivity contribution in [2.75, 3.05) is 7.11 Å². The molecule has 0 spiro atoms. The Kier molecular flexibility index (Phi) is 7.79. The molecule has 200 valence electrons. The van der Waals surface area contributed by atoms with Gasteiger partial charge in [-0.05, 0) is 23.6 Å². The van der Waals surface area contributed by atoms with E-state index in [1.54, 1.807) is 0 Å². The first-order valence-corrected chi connectivity index (χ1v) is 13.0. The lowest BCUT2D eigenvalue weighted by atomic mass is 9.99. The van der Waals surface area contributed by atoms with Crippen LogP contribution < -0.4 is 9.47 Å². The summed E-state index contributed by atoms with van der Waals surface area (Å²) in [5.74, 6) is -0.0805. The highest BCUT2D eigenvalue weighted by atomic mass is 16.5. The average molecular weight is 532 g/mol. The van der Waals surface area contributed by atoms with E-state index in [4.69, 9.17) is 25.8 Å². The molecule has 0 aliphatic heterocycles. The number of ether oxygens (including phenoxy) is 3. The minimum absolute atomic E-state index is 0.129. The number of hydrogen-bond donors (Lipinski definition) is 0. The van der Waals surface area contributed by atoms with Crippen molar-refractivity contribution in [2.24, 2.45) is 7.05 Å². The van der Waals surface area contributed by atoms with Crippen LogP contribution in [0.3, 0.4) is 0 Å². The summed E-state index contributed by atoms with van der Waals surface area (Å²) in [5, 5.41) is 0.828. The zero-order chi connectivity index (χ0) is 28.1. The number of carbonyl (C=O) groups excluding carboxylic acids is 1. The summed E-state index contributed by atoms with van der Waals surface area (Å²) in [6.07, 6.45) is 2.36. The SMILES string of the molecule is [C-]#[N+]c1cn(C)c2ccc(-c3nc(OCc4ccccc4)c(C(=O)OC)c(OCc4ccccc4)c3CC)cc12. The number of hydrogen-bond acceptors (Lipinski definition) is 5. The number of methoxy groups -OCH3 is 1. The number of pyridine rings is 1. The smallest absolute Gasteiger partial charge is 0.347 e. The quantitative estimate of drug-likeness (QED) is 0.148. The molecule has 0 N–H and O–H groups in total. The molecule has 0 unspecified atom stereocenters. The number of fused-ring (bicyclic) bond motifs is 1. The Hall–Kier alpha value is -5.09. The Morgan fingerprint density at radius 3 is 2.20 bits per heavy atom. The molecule has 0 aliphatic carbocycles. The molecular weight excluding hydrogens is 502 g/mol. The largest absolute Gasteiger partial charge is 0.487 e. The molecule has 7 heteroatoms. The molecule has 2 heterocycles. The number of esters is 1. The van der Waals surface area contributed by atoms with E-state index in [2.05, 4.69) is 4.85 Å². The van der Waals surface area contributed by atoms with Crippen molar-refractivity contribution in [1.82, 2.24) is 9.55 Å². The Labute approximate surface area is 233 Å². The molecule has 5 rings (SSSR count). The standard InChI is InChI=1S/C33H29N3O4/c1-5-25-30(24-16-17-28-26(18-24)27(34-2)19-36(28)3)35-32(40-21-23-14-10-7-11-15-23)29(33(37)38-4)31(25)39-20-22-12-8-6-9-13-22/h6-19H,5,20-21H2,1,3-4H3. The second-order valence-electron chi connectivity index (χ2n) is 9.31. The van der Waals surface area contributed by atoms with Crippen molar-refractivity contribution < 1.29 is 19.0 Å². The summed E-state index contributed by atoms with van der Waals surface area (Å²) in [6, 6.07) is 25.3. The van der Waals surface area contributed by atoms with Crippen LogP contribution in [-0.2, 0) is 31.4 Å². The molecule has 40 heavy (non-hydrogen) atoms. The van der Waals surface area contributed by atoms with Crippen LogP contribution >= 0.6 is 0 Å². The van der Waals surface area contributed by atoms with Gasteiger partial charge in [-0.15, -0.1) is 0 Å². The monoisotopic (exact) mass is 531 g/mol. The average Bonchev–Trinajstić information content (AvgIpc) is 3.33. The molecule has 2 aromatic heterocycles. The summed E-state index contributed by atoms with van der Waals surface area (Å²) in [4.78, 5) is 21.8. The van der Waals surface area contributed by atoms with Gasteiger partial charge in [0.25, 0.3) is 0 Å². The van der Waals surface area contributed by atoms with E-state index in [0.29, 0.717) is 23.6 Å². The lowest BCUT2D eigenvalue weighted by Crippen LogP contribution is -2.14. The van der Waals surface area contributed by atoms with Crippen LogP contribution in [0.2, 0.25) is 0 Å². The van der Waals surface area contributed by atoms with Gasteiger partial charge in [-0.2, -0.15) is 0 Å². The van der Waals surface area contributed by atoms with Crippen LogP contribution in [0.1, 0.15) is 34.0 Å². The fourth-order valence-corrected chi connectivity index (χ4v) is 4.76. The van der Waals surface area contributed by atoms with Crippen LogP contribution in [0.4, 0.5) is 5.69 Å². The van der Waals surface area contributed by atoms with E-state index in [1.165, 1.54) is 7.11 Å². The van der Waals surface area contributed by atoms with Crippen LogP contribution in [0.25, 0.3) is 27.0 Å². The molecule has 0 radical (unpaired) electrons. The van der Waals surface area contributed by atoms with Crippen molar-refractivity contribution in [3.05, 3.63) is 119 Å². The third-order valence-electron chi connectivity index (χ3n) is 6.76. The lowest BCUT2D eigenvalue weighted by molar-refractivity contribution is 0.0588. The molecule has 0 atom stereocenters. The number of nitrogens with zero attached hydrogens (tertiary/aromatic N) is 3. The predicted molar refractivity (Wildman–Crippen MR) is 155 cm³/mol. The zero-order valence-electron chi connectivity index (χ0n) is 22.7. The third-order valence-corrected chi connectivity index (χ3v) is 6.76. The molecule has 0 bridgehead atoms. The highest BCUT2D eigenvalue weighted by molar-refractivity contribution is 5.98. The van der Waals surface area contributed by atoms with Gasteiger partial charge in [-0.1, -0.05) is 79.7 Å². The maximum atomic E-state index is 13.2. The summed E-state index contributed by atoms with van der Waals surface area (Å²) in [6.45, 7) is 10.1. The minimum atomic E-state index is -0.589. The lowest BCUT2D eigenvalue weighted by Gasteiger charge is -2.20. The third kappa shape index (κ3) is 5.25. The van der Waals surface area contributed by atoms with Crippen molar-refractivity contribution in [3.8, 4) is 22.9 Å². The van der Waals surface area contributed by atoms with Crippen molar-refractivity contribution >= 4 is 22.6 Å². The van der Waals surface area contributed by atoms with Gasteiger partial charge in [-0.25, -0.2) is 14.6 Å². The normalized spacial score (nSPS) is 10.8. The summed E-state index contributed by atoms with van der Waals surface area (Å²) < 4.78 is 19.7. The van der Waals surface area contributed by atoms with Crippen LogP contribution in [0.5, 0.6) is 11.6 Å². The minimum Gasteiger partial charge on any atom is -0.487 e. The first-order chi connectivity index (χ1) is 19.5. The van der Waals surface area contributed by atoms with E-state index < -0.39 is 5.97 Å². The molecule has 0 amide bonds. The van der Waals surface area contributed by atoms with E-state index >= 15 is 0 Å². The van der Waals surface area contributed by atoms with Gasteiger partial charge >= 0.3 is 5.97 Å². The number of carbonyl (C=O) groups is 1. The fraction of sp³-hybridized carbons (Fsp3) is 0.182. The van der Waals surface area contributed by atoms with Crippen LogP contribution in [0, 0.1) is 6.57 Å². The van der Waals surface area contributed by atoms with Gasteiger partial charge in [0.1, 0.15) is 19.0 Å². The Bertz CT molecular complexity index is 1700. The van der Waals surface area contributed by atoms with Gasteiger partial charge in [-0.3, -0.25) is 0 Å². The summed E-state index contributed by atoms with van der Waals surface area (Å²) in [5.41, 5.74) is 5.72. The zero-order valence-corrected chi connectivity index (χ0v) is 22.7. The Balaban J connectivity index is 1.70. The fourth-order valence-electron chi connectivity index (χ4n) is 4.76. The number of rotatable bonds is 9. The Morgan fingerprint density at radius 1 is 0.950 bits per heavy atom. The molecule has 0 saturated heterocycles.